The maximum absolute atomic E-state index is 9.03. The molecule has 0 aromatic carbocycles. The number of aliphatic hydroxyl groups excluding tert-OH is 1. The van der Waals surface area contributed by atoms with Crippen molar-refractivity contribution < 1.29 is 14.6 Å². The molecule has 5 nitrogen and oxygen atoms in total. The smallest absolute Gasteiger partial charge is 0.147 e. The fourth-order valence-electron chi connectivity index (χ4n) is 2.16. The van der Waals surface area contributed by atoms with Crippen LogP contribution in [0.5, 0.6) is 0 Å². The standard InChI is InChI=1S/C12H17ClN2O3/c1-17-10-5-15(6-11(10)18-2)12-9(13)3-8(7-16)4-14-12/h3-4,10-11,16H,5-7H2,1-2H3. The second kappa shape index (κ2) is 5.84. The van der Waals surface area contributed by atoms with Gasteiger partial charge in [-0.25, -0.2) is 4.98 Å². The van der Waals surface area contributed by atoms with Gasteiger partial charge in [-0.05, 0) is 11.6 Å². The topological polar surface area (TPSA) is 54.8 Å². The van der Waals surface area contributed by atoms with E-state index in [0.717, 1.165) is 0 Å². The predicted octanol–water partition coefficient (Wildman–Crippen LogP) is 1.08. The third-order valence-electron chi connectivity index (χ3n) is 3.18. The predicted molar refractivity (Wildman–Crippen MR) is 69.0 cm³/mol. The second-order valence-corrected chi connectivity index (χ2v) is 4.67. The van der Waals surface area contributed by atoms with Crippen LogP contribution in [0.2, 0.25) is 5.02 Å². The highest BCUT2D eigenvalue weighted by atomic mass is 35.5. The summed E-state index contributed by atoms with van der Waals surface area (Å²) in [6.07, 6.45) is 1.67. The van der Waals surface area contributed by atoms with E-state index in [-0.39, 0.29) is 18.8 Å². The van der Waals surface area contributed by atoms with Crippen LogP contribution in [0.25, 0.3) is 0 Å². The van der Waals surface area contributed by atoms with Gasteiger partial charge in [-0.2, -0.15) is 0 Å². The first-order valence-corrected chi connectivity index (χ1v) is 6.13. The van der Waals surface area contributed by atoms with Crippen molar-refractivity contribution in [3.05, 3.63) is 22.8 Å². The largest absolute Gasteiger partial charge is 0.392 e. The van der Waals surface area contributed by atoms with E-state index in [4.69, 9.17) is 26.2 Å². The van der Waals surface area contributed by atoms with E-state index in [1.165, 1.54) is 0 Å². The molecule has 2 heterocycles. The molecule has 6 heteroatoms. The van der Waals surface area contributed by atoms with E-state index in [1.54, 1.807) is 26.5 Å². The molecule has 0 aliphatic carbocycles. The lowest BCUT2D eigenvalue weighted by Gasteiger charge is -2.18. The van der Waals surface area contributed by atoms with Gasteiger partial charge in [0.05, 0.1) is 11.6 Å². The Kier molecular flexibility index (Phi) is 4.40. The van der Waals surface area contributed by atoms with Crippen molar-refractivity contribution in [3.8, 4) is 0 Å². The Hall–Kier alpha value is -0.880. The van der Waals surface area contributed by atoms with Crippen LogP contribution in [-0.2, 0) is 16.1 Å². The number of ether oxygens (including phenoxy) is 2. The molecule has 1 aromatic rings. The Labute approximate surface area is 111 Å². The van der Waals surface area contributed by atoms with Gasteiger partial charge >= 0.3 is 0 Å². The average Bonchev–Trinajstić information content (AvgIpc) is 2.81. The number of aliphatic hydroxyl groups is 1. The van der Waals surface area contributed by atoms with E-state index in [0.29, 0.717) is 29.5 Å². The summed E-state index contributed by atoms with van der Waals surface area (Å²) < 4.78 is 10.7. The van der Waals surface area contributed by atoms with Crippen LogP contribution in [0, 0.1) is 0 Å². The van der Waals surface area contributed by atoms with Crippen LogP contribution in [0.3, 0.4) is 0 Å². The highest BCUT2D eigenvalue weighted by Gasteiger charge is 2.34. The van der Waals surface area contributed by atoms with Crippen molar-refractivity contribution in [2.75, 3.05) is 32.2 Å². The number of anilines is 1. The average molecular weight is 273 g/mol. The van der Waals surface area contributed by atoms with Gasteiger partial charge < -0.3 is 19.5 Å². The number of hydrogen-bond acceptors (Lipinski definition) is 5. The minimum atomic E-state index is -0.0611. The van der Waals surface area contributed by atoms with Crippen molar-refractivity contribution in [1.82, 2.24) is 4.98 Å². The lowest BCUT2D eigenvalue weighted by atomic mass is 10.3. The summed E-state index contributed by atoms with van der Waals surface area (Å²) in [5.74, 6) is 0.704. The fraction of sp³-hybridized carbons (Fsp3) is 0.583. The summed E-state index contributed by atoms with van der Waals surface area (Å²) >= 11 is 6.17. The van der Waals surface area contributed by atoms with Crippen molar-refractivity contribution in [1.29, 1.82) is 0 Å². The van der Waals surface area contributed by atoms with E-state index >= 15 is 0 Å². The Balaban J connectivity index is 2.18. The van der Waals surface area contributed by atoms with Crippen LogP contribution in [0.1, 0.15) is 5.56 Å². The first kappa shape index (κ1) is 13.5. The van der Waals surface area contributed by atoms with Gasteiger partial charge in [0.1, 0.15) is 18.0 Å². The molecule has 1 fully saturated rings. The van der Waals surface area contributed by atoms with Gasteiger partial charge in [-0.1, -0.05) is 11.6 Å². The minimum absolute atomic E-state index is 0.0189. The Bertz CT molecular complexity index is 404. The number of pyridine rings is 1. The minimum Gasteiger partial charge on any atom is -0.392 e. The summed E-state index contributed by atoms with van der Waals surface area (Å²) in [5, 5.41) is 9.56. The molecule has 0 spiro atoms. The maximum Gasteiger partial charge on any atom is 0.147 e. The molecule has 1 N–H and O–H groups in total. The Morgan fingerprint density at radius 3 is 2.44 bits per heavy atom. The SMILES string of the molecule is COC1CN(c2ncc(CO)cc2Cl)CC1OC. The van der Waals surface area contributed by atoms with Gasteiger partial charge in [0.2, 0.25) is 0 Å². The van der Waals surface area contributed by atoms with Crippen LogP contribution in [0.15, 0.2) is 12.3 Å². The summed E-state index contributed by atoms with van der Waals surface area (Å²) in [7, 11) is 3.34. The molecule has 0 radical (unpaired) electrons. The molecule has 1 aliphatic rings. The monoisotopic (exact) mass is 272 g/mol. The van der Waals surface area contributed by atoms with Crippen molar-refractivity contribution >= 4 is 17.4 Å². The highest BCUT2D eigenvalue weighted by Crippen LogP contribution is 2.28. The second-order valence-electron chi connectivity index (χ2n) is 4.26. The number of hydrogen-bond donors (Lipinski definition) is 1. The number of halogens is 1. The summed E-state index contributed by atoms with van der Waals surface area (Å²) in [6, 6.07) is 1.73. The first-order chi connectivity index (χ1) is 8.69. The van der Waals surface area contributed by atoms with E-state index in [2.05, 4.69) is 4.98 Å². The number of rotatable bonds is 4. The van der Waals surface area contributed by atoms with Crippen molar-refractivity contribution in [2.45, 2.75) is 18.8 Å². The van der Waals surface area contributed by atoms with Crippen LogP contribution < -0.4 is 4.90 Å². The van der Waals surface area contributed by atoms with Gasteiger partial charge in [-0.15, -0.1) is 0 Å². The zero-order valence-electron chi connectivity index (χ0n) is 10.5. The molecular formula is C12H17ClN2O3. The highest BCUT2D eigenvalue weighted by molar-refractivity contribution is 6.33. The first-order valence-electron chi connectivity index (χ1n) is 5.75. The number of aromatic nitrogens is 1. The molecule has 2 atom stereocenters. The molecule has 2 rings (SSSR count). The Morgan fingerprint density at radius 2 is 2.00 bits per heavy atom. The molecule has 2 unspecified atom stereocenters. The zero-order chi connectivity index (χ0) is 13.1. The van der Waals surface area contributed by atoms with E-state index < -0.39 is 0 Å². The third-order valence-corrected chi connectivity index (χ3v) is 3.46. The van der Waals surface area contributed by atoms with Crippen molar-refractivity contribution in [3.63, 3.8) is 0 Å². The summed E-state index contributed by atoms with van der Waals surface area (Å²) in [5.41, 5.74) is 0.703. The number of nitrogens with zero attached hydrogens (tertiary/aromatic N) is 2. The van der Waals surface area contributed by atoms with Crippen LogP contribution in [0.4, 0.5) is 5.82 Å². The van der Waals surface area contributed by atoms with Gasteiger partial charge in [0.25, 0.3) is 0 Å². The Morgan fingerprint density at radius 1 is 1.39 bits per heavy atom. The van der Waals surface area contributed by atoms with Crippen molar-refractivity contribution in [2.24, 2.45) is 0 Å². The lowest BCUT2D eigenvalue weighted by Crippen LogP contribution is -2.27. The molecule has 0 bridgehead atoms. The molecule has 1 aromatic heterocycles. The molecule has 0 amide bonds. The molecular weight excluding hydrogens is 256 g/mol. The summed E-state index contributed by atoms with van der Waals surface area (Å²) in [4.78, 5) is 6.32. The molecule has 18 heavy (non-hydrogen) atoms. The fourth-order valence-corrected chi connectivity index (χ4v) is 2.47. The molecule has 100 valence electrons. The normalized spacial score (nSPS) is 23.7. The van der Waals surface area contributed by atoms with Crippen LogP contribution in [-0.4, -0.2) is 49.6 Å². The molecule has 0 saturated carbocycles. The quantitative estimate of drug-likeness (QED) is 0.889. The number of methoxy groups -OCH3 is 2. The molecule has 1 aliphatic heterocycles. The van der Waals surface area contributed by atoms with Gasteiger partial charge in [0.15, 0.2) is 0 Å². The van der Waals surface area contributed by atoms with Crippen LogP contribution >= 0.6 is 11.6 Å². The summed E-state index contributed by atoms with van der Waals surface area (Å²) in [6.45, 7) is 1.33. The van der Waals surface area contributed by atoms with Gasteiger partial charge in [0, 0.05) is 33.5 Å². The third kappa shape index (κ3) is 2.59. The lowest BCUT2D eigenvalue weighted by molar-refractivity contribution is -0.00461. The van der Waals surface area contributed by atoms with E-state index in [1.807, 2.05) is 4.90 Å². The zero-order valence-corrected chi connectivity index (χ0v) is 11.2. The maximum atomic E-state index is 9.03. The van der Waals surface area contributed by atoms with E-state index in [9.17, 15) is 0 Å². The van der Waals surface area contributed by atoms with Gasteiger partial charge in [-0.3, -0.25) is 0 Å². The molecule has 1 saturated heterocycles.